The van der Waals surface area contributed by atoms with Crippen molar-refractivity contribution in [3.63, 3.8) is 0 Å². The molecule has 27 heavy (non-hydrogen) atoms. The molecule has 3 aromatic rings. The highest BCUT2D eigenvalue weighted by atomic mass is 16.5. The summed E-state index contributed by atoms with van der Waals surface area (Å²) in [7, 11) is 3.23. The SMILES string of the molecule is CCCN1C(=O)c2n[nH]c(-c3ccco3)c2C1c1ccc(OC)cc1OC. The Morgan fingerprint density at radius 2 is 2.11 bits per heavy atom. The van der Waals surface area contributed by atoms with Gasteiger partial charge in [0, 0.05) is 23.7 Å². The lowest BCUT2D eigenvalue weighted by Gasteiger charge is -2.27. The van der Waals surface area contributed by atoms with E-state index in [4.69, 9.17) is 13.9 Å². The number of nitrogens with zero attached hydrogens (tertiary/aromatic N) is 2. The molecule has 1 aliphatic heterocycles. The van der Waals surface area contributed by atoms with E-state index in [2.05, 4.69) is 10.2 Å². The molecule has 1 N–H and O–H groups in total. The Morgan fingerprint density at radius 1 is 1.26 bits per heavy atom. The second-order valence-corrected chi connectivity index (χ2v) is 6.35. The zero-order valence-electron chi connectivity index (χ0n) is 15.5. The summed E-state index contributed by atoms with van der Waals surface area (Å²) in [5, 5.41) is 7.26. The standard InChI is InChI=1S/C20H21N3O4/c1-4-9-23-19(13-8-7-12(25-2)11-15(13)26-3)16-17(14-6-5-10-27-14)21-22-18(16)20(23)24/h5-8,10-11,19H,4,9H2,1-3H3,(H,21,22). The number of H-pyrrole nitrogens is 1. The lowest BCUT2D eigenvalue weighted by Crippen LogP contribution is -2.30. The number of fused-ring (bicyclic) bond motifs is 1. The first-order valence-electron chi connectivity index (χ1n) is 8.84. The predicted molar refractivity (Wildman–Crippen MR) is 99.0 cm³/mol. The minimum Gasteiger partial charge on any atom is -0.497 e. The maximum absolute atomic E-state index is 13.0. The molecule has 3 heterocycles. The number of carbonyl (C=O) groups is 1. The average molecular weight is 367 g/mol. The van der Waals surface area contributed by atoms with Crippen molar-refractivity contribution in [3.8, 4) is 23.0 Å². The molecule has 4 rings (SSSR count). The van der Waals surface area contributed by atoms with E-state index in [9.17, 15) is 4.79 Å². The zero-order chi connectivity index (χ0) is 19.0. The first-order chi connectivity index (χ1) is 13.2. The molecule has 0 fully saturated rings. The van der Waals surface area contributed by atoms with E-state index in [0.717, 1.165) is 17.5 Å². The Labute approximate surface area is 156 Å². The third-order valence-corrected chi connectivity index (χ3v) is 4.82. The number of amides is 1. The maximum Gasteiger partial charge on any atom is 0.275 e. The fourth-order valence-electron chi connectivity index (χ4n) is 3.64. The van der Waals surface area contributed by atoms with Crippen LogP contribution in [0, 0.1) is 0 Å². The van der Waals surface area contributed by atoms with E-state index in [-0.39, 0.29) is 11.9 Å². The third kappa shape index (κ3) is 2.66. The summed E-state index contributed by atoms with van der Waals surface area (Å²) in [6.07, 6.45) is 2.44. The van der Waals surface area contributed by atoms with Gasteiger partial charge < -0.3 is 18.8 Å². The lowest BCUT2D eigenvalue weighted by atomic mass is 9.97. The highest BCUT2D eigenvalue weighted by Crippen LogP contribution is 2.46. The number of nitrogens with one attached hydrogen (secondary N) is 1. The fraction of sp³-hybridized carbons (Fsp3) is 0.300. The van der Waals surface area contributed by atoms with Gasteiger partial charge in [-0.05, 0) is 30.7 Å². The van der Waals surface area contributed by atoms with Crippen molar-refractivity contribution in [1.82, 2.24) is 15.1 Å². The van der Waals surface area contributed by atoms with Crippen LogP contribution in [0.5, 0.6) is 11.5 Å². The van der Waals surface area contributed by atoms with Gasteiger partial charge in [-0.3, -0.25) is 9.89 Å². The first-order valence-corrected chi connectivity index (χ1v) is 8.84. The number of methoxy groups -OCH3 is 2. The Bertz CT molecular complexity index is 962. The fourth-order valence-corrected chi connectivity index (χ4v) is 3.64. The van der Waals surface area contributed by atoms with E-state index in [1.807, 2.05) is 42.2 Å². The van der Waals surface area contributed by atoms with Crippen LogP contribution < -0.4 is 9.47 Å². The zero-order valence-corrected chi connectivity index (χ0v) is 15.5. The molecular weight excluding hydrogens is 346 g/mol. The number of carbonyl (C=O) groups excluding carboxylic acids is 1. The van der Waals surface area contributed by atoms with Crippen LogP contribution in [0.2, 0.25) is 0 Å². The highest BCUT2D eigenvalue weighted by Gasteiger charge is 2.43. The summed E-state index contributed by atoms with van der Waals surface area (Å²) in [6, 6.07) is 8.99. The van der Waals surface area contributed by atoms with Crippen molar-refractivity contribution >= 4 is 5.91 Å². The van der Waals surface area contributed by atoms with Crippen LogP contribution >= 0.6 is 0 Å². The highest BCUT2D eigenvalue weighted by molar-refractivity contribution is 6.00. The van der Waals surface area contributed by atoms with Gasteiger partial charge in [0.05, 0.1) is 26.5 Å². The number of ether oxygens (including phenoxy) is 2. The van der Waals surface area contributed by atoms with Crippen molar-refractivity contribution < 1.29 is 18.7 Å². The molecule has 0 radical (unpaired) electrons. The van der Waals surface area contributed by atoms with Gasteiger partial charge in [-0.2, -0.15) is 5.10 Å². The number of aromatic nitrogens is 2. The van der Waals surface area contributed by atoms with Crippen molar-refractivity contribution in [2.24, 2.45) is 0 Å². The van der Waals surface area contributed by atoms with Gasteiger partial charge >= 0.3 is 0 Å². The maximum atomic E-state index is 13.0. The molecule has 0 saturated heterocycles. The number of hydrogen-bond acceptors (Lipinski definition) is 5. The van der Waals surface area contributed by atoms with Gasteiger partial charge in [0.25, 0.3) is 5.91 Å². The quantitative estimate of drug-likeness (QED) is 0.719. The molecule has 7 nitrogen and oxygen atoms in total. The minimum absolute atomic E-state index is 0.0937. The summed E-state index contributed by atoms with van der Waals surface area (Å²) < 4.78 is 16.5. The van der Waals surface area contributed by atoms with Crippen LogP contribution in [0.3, 0.4) is 0 Å². The number of rotatable bonds is 6. The summed E-state index contributed by atoms with van der Waals surface area (Å²) in [5.74, 6) is 1.91. The summed E-state index contributed by atoms with van der Waals surface area (Å²) >= 11 is 0. The molecule has 0 bridgehead atoms. The third-order valence-electron chi connectivity index (χ3n) is 4.82. The molecule has 140 valence electrons. The Balaban J connectivity index is 1.91. The van der Waals surface area contributed by atoms with Gasteiger partial charge in [0.15, 0.2) is 11.5 Å². The lowest BCUT2D eigenvalue weighted by molar-refractivity contribution is 0.0742. The Hall–Kier alpha value is -3.22. The normalized spacial score (nSPS) is 15.9. The van der Waals surface area contributed by atoms with Crippen molar-refractivity contribution in [1.29, 1.82) is 0 Å². The van der Waals surface area contributed by atoms with Gasteiger partial charge in [-0.1, -0.05) is 6.92 Å². The molecule has 7 heteroatoms. The predicted octanol–water partition coefficient (Wildman–Crippen LogP) is 3.64. The molecular formula is C20H21N3O4. The Morgan fingerprint density at radius 3 is 2.78 bits per heavy atom. The summed E-state index contributed by atoms with van der Waals surface area (Å²) in [6.45, 7) is 2.66. The molecule has 2 aromatic heterocycles. The van der Waals surface area contributed by atoms with Crippen LogP contribution in [0.25, 0.3) is 11.5 Å². The molecule has 1 amide bonds. The van der Waals surface area contributed by atoms with Crippen LogP contribution in [0.4, 0.5) is 0 Å². The van der Waals surface area contributed by atoms with Gasteiger partial charge in [0.1, 0.15) is 17.2 Å². The minimum atomic E-state index is -0.313. The largest absolute Gasteiger partial charge is 0.497 e. The van der Waals surface area contributed by atoms with E-state index in [1.54, 1.807) is 20.5 Å². The molecule has 1 aliphatic rings. The van der Waals surface area contributed by atoms with Crippen LogP contribution in [-0.2, 0) is 0 Å². The number of hydrogen-bond donors (Lipinski definition) is 1. The van der Waals surface area contributed by atoms with Gasteiger partial charge in [0.2, 0.25) is 0 Å². The number of aromatic amines is 1. The molecule has 0 aliphatic carbocycles. The van der Waals surface area contributed by atoms with E-state index in [0.29, 0.717) is 35.2 Å². The molecule has 1 aromatic carbocycles. The number of furan rings is 1. The average Bonchev–Trinajstić information content (AvgIpc) is 3.41. The monoisotopic (exact) mass is 367 g/mol. The van der Waals surface area contributed by atoms with E-state index in [1.165, 1.54) is 0 Å². The summed E-state index contributed by atoms with van der Waals surface area (Å²) in [5.41, 5.74) is 2.84. The Kier molecular flexibility index (Phi) is 4.35. The molecule has 1 unspecified atom stereocenters. The summed E-state index contributed by atoms with van der Waals surface area (Å²) in [4.78, 5) is 14.9. The second kappa shape index (κ2) is 6.83. The van der Waals surface area contributed by atoms with Crippen molar-refractivity contribution in [3.05, 3.63) is 53.4 Å². The number of benzene rings is 1. The van der Waals surface area contributed by atoms with Crippen molar-refractivity contribution in [2.75, 3.05) is 20.8 Å². The smallest absolute Gasteiger partial charge is 0.275 e. The van der Waals surface area contributed by atoms with Gasteiger partial charge in [-0.25, -0.2) is 0 Å². The van der Waals surface area contributed by atoms with Crippen LogP contribution in [0.1, 0.15) is 41.0 Å². The van der Waals surface area contributed by atoms with Gasteiger partial charge in [-0.15, -0.1) is 0 Å². The first kappa shape index (κ1) is 17.2. The van der Waals surface area contributed by atoms with Crippen LogP contribution in [0.15, 0.2) is 41.0 Å². The topological polar surface area (TPSA) is 80.6 Å². The molecule has 1 atom stereocenters. The van der Waals surface area contributed by atoms with E-state index >= 15 is 0 Å². The van der Waals surface area contributed by atoms with Crippen molar-refractivity contribution in [2.45, 2.75) is 19.4 Å². The molecule has 0 saturated carbocycles. The van der Waals surface area contributed by atoms with Crippen LogP contribution in [-0.4, -0.2) is 41.8 Å². The second-order valence-electron chi connectivity index (χ2n) is 6.35. The molecule has 0 spiro atoms. The van der Waals surface area contributed by atoms with E-state index < -0.39 is 0 Å².